The zero-order valence-corrected chi connectivity index (χ0v) is 8.18. The summed E-state index contributed by atoms with van der Waals surface area (Å²) in [6.45, 7) is 8.42. The molecule has 0 aliphatic rings. The Hall–Kier alpha value is -0.330. The summed E-state index contributed by atoms with van der Waals surface area (Å²) >= 11 is 0. The van der Waals surface area contributed by atoms with Crippen LogP contribution in [0.15, 0.2) is 0 Å². The van der Waals surface area contributed by atoms with Crippen molar-refractivity contribution < 1.29 is 4.79 Å². The van der Waals surface area contributed by atoms with Crippen molar-refractivity contribution in [1.82, 2.24) is 0 Å². The predicted octanol–water partition coefficient (Wildman–Crippen LogP) is 3.04. The van der Waals surface area contributed by atoms with E-state index in [0.717, 1.165) is 19.3 Å². The molecule has 0 aromatic carbocycles. The lowest BCUT2D eigenvalue weighted by Crippen LogP contribution is -2.12. The maximum Gasteiger partial charge on any atom is 0.135 e. The van der Waals surface area contributed by atoms with E-state index in [1.807, 2.05) is 6.92 Å². The molecule has 1 atom stereocenters. The van der Waals surface area contributed by atoms with Gasteiger partial charge in [-0.15, -0.1) is 0 Å². The molecule has 0 aromatic rings. The van der Waals surface area contributed by atoms with Gasteiger partial charge in [-0.3, -0.25) is 4.79 Å². The summed E-state index contributed by atoms with van der Waals surface area (Å²) in [6.07, 6.45) is 2.79. The minimum atomic E-state index is 0.273. The van der Waals surface area contributed by atoms with Crippen LogP contribution in [0.2, 0.25) is 0 Å². The lowest BCUT2D eigenvalue weighted by Gasteiger charge is -2.11. The molecule has 0 amide bonds. The van der Waals surface area contributed by atoms with Gasteiger partial charge in [-0.2, -0.15) is 0 Å². The molecule has 0 saturated carbocycles. The summed E-state index contributed by atoms with van der Waals surface area (Å²) in [5, 5.41) is 0. The summed E-state index contributed by atoms with van der Waals surface area (Å²) in [6, 6.07) is 0. The molecular weight excluding hydrogens is 136 g/mol. The van der Waals surface area contributed by atoms with Gasteiger partial charge in [0.1, 0.15) is 5.78 Å². The Morgan fingerprint density at radius 1 is 1.27 bits per heavy atom. The van der Waals surface area contributed by atoms with Crippen LogP contribution in [0.25, 0.3) is 0 Å². The Morgan fingerprint density at radius 3 is 2.18 bits per heavy atom. The van der Waals surface area contributed by atoms with Crippen molar-refractivity contribution in [2.75, 3.05) is 0 Å². The molecule has 0 fully saturated rings. The van der Waals surface area contributed by atoms with E-state index >= 15 is 0 Å². The molecular formula is C10H20O. The number of ketones is 1. The Labute approximate surface area is 70.2 Å². The number of carbonyl (C=O) groups is 1. The minimum Gasteiger partial charge on any atom is -0.299 e. The highest BCUT2D eigenvalue weighted by Crippen LogP contribution is 2.13. The molecule has 0 bridgehead atoms. The van der Waals surface area contributed by atoms with Crippen LogP contribution in [0.1, 0.15) is 47.0 Å². The molecule has 0 saturated heterocycles. The van der Waals surface area contributed by atoms with Crippen LogP contribution in [0.3, 0.4) is 0 Å². The average Bonchev–Trinajstić information content (AvgIpc) is 1.86. The van der Waals surface area contributed by atoms with Crippen LogP contribution in [0.4, 0.5) is 0 Å². The van der Waals surface area contributed by atoms with E-state index in [0.29, 0.717) is 11.7 Å². The Morgan fingerprint density at radius 2 is 1.82 bits per heavy atom. The second kappa shape index (κ2) is 5.34. The molecule has 0 heterocycles. The van der Waals surface area contributed by atoms with Crippen molar-refractivity contribution in [3.8, 4) is 0 Å². The molecule has 11 heavy (non-hydrogen) atoms. The number of hydrogen-bond donors (Lipinski definition) is 0. The van der Waals surface area contributed by atoms with Gasteiger partial charge in [-0.1, -0.05) is 27.7 Å². The third kappa shape index (κ3) is 5.00. The minimum absolute atomic E-state index is 0.273. The van der Waals surface area contributed by atoms with Crippen molar-refractivity contribution >= 4 is 5.78 Å². The summed E-state index contributed by atoms with van der Waals surface area (Å²) < 4.78 is 0. The Bertz CT molecular complexity index is 116. The normalized spacial score (nSPS) is 13.5. The van der Waals surface area contributed by atoms with Gasteiger partial charge >= 0.3 is 0 Å². The van der Waals surface area contributed by atoms with Gasteiger partial charge in [0.15, 0.2) is 0 Å². The van der Waals surface area contributed by atoms with Crippen molar-refractivity contribution in [3.05, 3.63) is 0 Å². The van der Waals surface area contributed by atoms with Crippen LogP contribution in [-0.2, 0) is 4.79 Å². The van der Waals surface area contributed by atoms with Crippen molar-refractivity contribution in [3.63, 3.8) is 0 Å². The van der Waals surface area contributed by atoms with Crippen LogP contribution in [0, 0.1) is 11.8 Å². The van der Waals surface area contributed by atoms with E-state index in [1.54, 1.807) is 0 Å². The van der Waals surface area contributed by atoms with Crippen LogP contribution in [-0.4, -0.2) is 5.78 Å². The third-order valence-corrected chi connectivity index (χ3v) is 1.87. The summed E-state index contributed by atoms with van der Waals surface area (Å²) in [7, 11) is 0. The zero-order valence-electron chi connectivity index (χ0n) is 8.18. The lowest BCUT2D eigenvalue weighted by atomic mass is 9.93. The molecule has 0 aliphatic heterocycles. The fourth-order valence-electron chi connectivity index (χ4n) is 1.33. The van der Waals surface area contributed by atoms with Crippen LogP contribution < -0.4 is 0 Å². The van der Waals surface area contributed by atoms with Gasteiger partial charge in [0.2, 0.25) is 0 Å². The van der Waals surface area contributed by atoms with Gasteiger partial charge in [-0.05, 0) is 18.8 Å². The molecule has 0 rings (SSSR count). The topological polar surface area (TPSA) is 17.1 Å². The molecule has 1 nitrogen and oxygen atoms in total. The Kier molecular flexibility index (Phi) is 5.18. The maximum atomic E-state index is 11.3. The number of rotatable bonds is 5. The molecule has 0 radical (unpaired) electrons. The summed E-state index contributed by atoms with van der Waals surface area (Å²) in [5.41, 5.74) is 0. The first-order chi connectivity index (χ1) is 5.07. The number of carbonyl (C=O) groups excluding carboxylic acids is 1. The monoisotopic (exact) mass is 156 g/mol. The number of Topliss-reactive ketones (excluding diaryl/α,β-unsaturated/α-hetero) is 1. The lowest BCUT2D eigenvalue weighted by molar-refractivity contribution is -0.122. The highest BCUT2D eigenvalue weighted by atomic mass is 16.1. The number of hydrogen-bond acceptors (Lipinski definition) is 1. The van der Waals surface area contributed by atoms with E-state index in [1.165, 1.54) is 0 Å². The van der Waals surface area contributed by atoms with E-state index in [-0.39, 0.29) is 5.92 Å². The average molecular weight is 156 g/mol. The molecule has 1 heteroatoms. The maximum absolute atomic E-state index is 11.3. The van der Waals surface area contributed by atoms with Gasteiger partial charge < -0.3 is 0 Å². The van der Waals surface area contributed by atoms with Crippen molar-refractivity contribution in [2.24, 2.45) is 11.8 Å². The van der Waals surface area contributed by atoms with Crippen LogP contribution >= 0.6 is 0 Å². The third-order valence-electron chi connectivity index (χ3n) is 1.87. The van der Waals surface area contributed by atoms with Crippen LogP contribution in [0.5, 0.6) is 0 Å². The first-order valence-electron chi connectivity index (χ1n) is 4.60. The molecule has 66 valence electrons. The Balaban J connectivity index is 3.64. The first-order valence-corrected chi connectivity index (χ1v) is 4.60. The summed E-state index contributed by atoms with van der Waals surface area (Å²) in [4.78, 5) is 11.3. The molecule has 0 aliphatic carbocycles. The van der Waals surface area contributed by atoms with E-state index in [2.05, 4.69) is 20.8 Å². The quantitative estimate of drug-likeness (QED) is 0.598. The van der Waals surface area contributed by atoms with Gasteiger partial charge in [0, 0.05) is 12.3 Å². The SMILES string of the molecule is CCCC(=O)C(C)CC(C)C. The smallest absolute Gasteiger partial charge is 0.135 e. The van der Waals surface area contributed by atoms with Crippen molar-refractivity contribution in [1.29, 1.82) is 0 Å². The van der Waals surface area contributed by atoms with Gasteiger partial charge in [0.05, 0.1) is 0 Å². The van der Waals surface area contributed by atoms with E-state index < -0.39 is 0 Å². The molecule has 0 aromatic heterocycles. The van der Waals surface area contributed by atoms with Crippen molar-refractivity contribution in [2.45, 2.75) is 47.0 Å². The highest BCUT2D eigenvalue weighted by Gasteiger charge is 2.12. The van der Waals surface area contributed by atoms with Gasteiger partial charge in [0.25, 0.3) is 0 Å². The highest BCUT2D eigenvalue weighted by molar-refractivity contribution is 5.80. The van der Waals surface area contributed by atoms with Gasteiger partial charge in [-0.25, -0.2) is 0 Å². The molecule has 1 unspecified atom stereocenters. The largest absolute Gasteiger partial charge is 0.299 e. The fraction of sp³-hybridized carbons (Fsp3) is 0.900. The van der Waals surface area contributed by atoms with E-state index in [9.17, 15) is 4.79 Å². The first kappa shape index (κ1) is 10.7. The zero-order chi connectivity index (χ0) is 8.85. The van der Waals surface area contributed by atoms with E-state index in [4.69, 9.17) is 0 Å². The molecule has 0 N–H and O–H groups in total. The second-order valence-electron chi connectivity index (χ2n) is 3.75. The fourth-order valence-corrected chi connectivity index (χ4v) is 1.33. The predicted molar refractivity (Wildman–Crippen MR) is 48.5 cm³/mol. The molecule has 0 spiro atoms. The summed E-state index contributed by atoms with van der Waals surface area (Å²) in [5.74, 6) is 1.35. The standard InChI is InChI=1S/C10H20O/c1-5-6-10(11)9(4)7-8(2)3/h8-9H,5-7H2,1-4H3. The second-order valence-corrected chi connectivity index (χ2v) is 3.75.